The summed E-state index contributed by atoms with van der Waals surface area (Å²) in [5, 5.41) is 8.84. The fourth-order valence-electron chi connectivity index (χ4n) is 1.21. The Balaban J connectivity index is 2.59. The minimum atomic E-state index is -0.527. The third kappa shape index (κ3) is 3.40. The van der Waals surface area contributed by atoms with Crippen molar-refractivity contribution in [2.45, 2.75) is 12.8 Å². The highest BCUT2D eigenvalue weighted by molar-refractivity contribution is 6.34. The van der Waals surface area contributed by atoms with E-state index in [0.717, 1.165) is 0 Å². The number of carbonyl (C=O) groups is 1. The van der Waals surface area contributed by atoms with Crippen LogP contribution in [0, 0.1) is 0 Å². The van der Waals surface area contributed by atoms with Gasteiger partial charge in [-0.05, 0) is 25.0 Å². The third-order valence-corrected chi connectivity index (χ3v) is 2.35. The summed E-state index contributed by atoms with van der Waals surface area (Å²) in [6, 6.07) is 4.85. The first-order valence-corrected chi connectivity index (χ1v) is 5.36. The second-order valence-corrected chi connectivity index (χ2v) is 3.68. The minimum Gasteiger partial charge on any atom is -0.462 e. The van der Waals surface area contributed by atoms with Gasteiger partial charge >= 0.3 is 5.97 Å². The third-order valence-electron chi connectivity index (χ3n) is 2.04. The average molecular weight is 244 g/mol. The monoisotopic (exact) mass is 243 g/mol. The summed E-state index contributed by atoms with van der Waals surface area (Å²) in [7, 11) is 0. The summed E-state index contributed by atoms with van der Waals surface area (Å²) in [6.07, 6.45) is 1.22. The lowest BCUT2D eigenvalue weighted by Gasteiger charge is -2.07. The molecule has 0 radical (unpaired) electrons. The Bertz CT molecular complexity index is 348. The molecule has 4 nitrogen and oxygen atoms in total. The van der Waals surface area contributed by atoms with Crippen molar-refractivity contribution in [3.63, 3.8) is 0 Å². The van der Waals surface area contributed by atoms with Crippen LogP contribution in [0.2, 0.25) is 5.02 Å². The van der Waals surface area contributed by atoms with Gasteiger partial charge in [0.1, 0.15) is 5.56 Å². The number of aliphatic hydroxyl groups excluding tert-OH is 1. The molecule has 0 saturated carbocycles. The molecular formula is C11H14ClNO3. The summed E-state index contributed by atoms with van der Waals surface area (Å²) in [5.41, 5.74) is 6.13. The second-order valence-electron chi connectivity index (χ2n) is 3.27. The van der Waals surface area contributed by atoms with Gasteiger partial charge < -0.3 is 15.6 Å². The number of carbonyl (C=O) groups excluding carboxylic acids is 1. The van der Waals surface area contributed by atoms with Crippen LogP contribution in [0.3, 0.4) is 0 Å². The molecule has 5 heteroatoms. The molecule has 1 aromatic rings. The highest BCUT2D eigenvalue weighted by Crippen LogP contribution is 2.22. The Morgan fingerprint density at radius 3 is 2.81 bits per heavy atom. The number of hydrogen-bond acceptors (Lipinski definition) is 4. The number of halogens is 1. The Morgan fingerprint density at radius 2 is 2.19 bits per heavy atom. The first-order chi connectivity index (χ1) is 7.66. The van der Waals surface area contributed by atoms with E-state index in [1.165, 1.54) is 0 Å². The molecule has 88 valence electrons. The van der Waals surface area contributed by atoms with E-state index in [0.29, 0.717) is 18.5 Å². The van der Waals surface area contributed by atoms with Crippen molar-refractivity contribution < 1.29 is 14.6 Å². The predicted molar refractivity (Wildman–Crippen MR) is 62.5 cm³/mol. The van der Waals surface area contributed by atoms with E-state index in [4.69, 9.17) is 27.2 Å². The summed E-state index contributed by atoms with van der Waals surface area (Å²) in [4.78, 5) is 11.6. The van der Waals surface area contributed by atoms with Gasteiger partial charge in [-0.2, -0.15) is 0 Å². The fourth-order valence-corrected chi connectivity index (χ4v) is 1.47. The largest absolute Gasteiger partial charge is 0.462 e. The van der Waals surface area contributed by atoms with Gasteiger partial charge in [-0.3, -0.25) is 0 Å². The molecule has 3 N–H and O–H groups in total. The number of hydrogen-bond donors (Lipinski definition) is 2. The van der Waals surface area contributed by atoms with Gasteiger partial charge in [-0.1, -0.05) is 17.7 Å². The van der Waals surface area contributed by atoms with E-state index in [2.05, 4.69) is 0 Å². The van der Waals surface area contributed by atoms with Crippen LogP contribution in [0.25, 0.3) is 0 Å². The molecule has 0 atom stereocenters. The minimum absolute atomic E-state index is 0.0891. The lowest BCUT2D eigenvalue weighted by molar-refractivity contribution is 0.0494. The van der Waals surface area contributed by atoms with Gasteiger partial charge in [0.25, 0.3) is 0 Å². The number of aliphatic hydroxyl groups is 1. The summed E-state index contributed by atoms with van der Waals surface area (Å²) in [5.74, 6) is -0.527. The average Bonchev–Trinajstić information content (AvgIpc) is 2.24. The number of rotatable bonds is 5. The number of unbranched alkanes of at least 4 members (excludes halogenated alkanes) is 1. The van der Waals surface area contributed by atoms with Crippen LogP contribution >= 0.6 is 11.6 Å². The number of benzene rings is 1. The Labute approximate surface area is 99.0 Å². The van der Waals surface area contributed by atoms with E-state index in [1.807, 2.05) is 0 Å². The lowest BCUT2D eigenvalue weighted by atomic mass is 10.2. The second kappa shape index (κ2) is 6.35. The molecular weight excluding hydrogens is 230 g/mol. The molecule has 16 heavy (non-hydrogen) atoms. The number of anilines is 1. The van der Waals surface area contributed by atoms with Crippen molar-refractivity contribution in [3.05, 3.63) is 28.8 Å². The van der Waals surface area contributed by atoms with Crippen LogP contribution in [-0.2, 0) is 4.74 Å². The first-order valence-electron chi connectivity index (χ1n) is 4.98. The normalized spacial score (nSPS) is 10.1. The van der Waals surface area contributed by atoms with Crippen molar-refractivity contribution in [1.82, 2.24) is 0 Å². The predicted octanol–water partition coefficient (Wildman–Crippen LogP) is 1.85. The first kappa shape index (κ1) is 12.8. The Morgan fingerprint density at radius 1 is 1.44 bits per heavy atom. The van der Waals surface area contributed by atoms with Crippen LogP contribution in [0.4, 0.5) is 5.69 Å². The smallest absolute Gasteiger partial charge is 0.341 e. The van der Waals surface area contributed by atoms with Crippen LogP contribution in [0.5, 0.6) is 0 Å². The number of ether oxygens (including phenoxy) is 1. The number of esters is 1. The molecule has 0 amide bonds. The molecule has 1 rings (SSSR count). The van der Waals surface area contributed by atoms with Crippen LogP contribution < -0.4 is 5.73 Å². The maximum absolute atomic E-state index is 11.6. The van der Waals surface area contributed by atoms with E-state index in [1.54, 1.807) is 18.2 Å². The van der Waals surface area contributed by atoms with Gasteiger partial charge in [0.15, 0.2) is 0 Å². The molecule has 1 aromatic carbocycles. The molecule has 0 aliphatic rings. The van der Waals surface area contributed by atoms with Crippen molar-refractivity contribution in [2.75, 3.05) is 18.9 Å². The van der Waals surface area contributed by atoms with Crippen molar-refractivity contribution >= 4 is 23.3 Å². The van der Waals surface area contributed by atoms with Crippen LogP contribution in [0.1, 0.15) is 23.2 Å². The molecule has 0 heterocycles. The van der Waals surface area contributed by atoms with Gasteiger partial charge in [0.2, 0.25) is 0 Å². The van der Waals surface area contributed by atoms with Crippen molar-refractivity contribution in [3.8, 4) is 0 Å². The topological polar surface area (TPSA) is 72.6 Å². The fraction of sp³-hybridized carbons (Fsp3) is 0.364. The zero-order valence-corrected chi connectivity index (χ0v) is 9.54. The number of nitrogen functional groups attached to an aromatic ring is 1. The molecule has 0 fully saturated rings. The van der Waals surface area contributed by atoms with Crippen molar-refractivity contribution in [1.29, 1.82) is 0 Å². The number of nitrogens with two attached hydrogens (primary N) is 1. The maximum atomic E-state index is 11.6. The quantitative estimate of drug-likeness (QED) is 0.470. The maximum Gasteiger partial charge on any atom is 0.341 e. The van der Waals surface area contributed by atoms with Gasteiger partial charge in [-0.25, -0.2) is 4.79 Å². The summed E-state index contributed by atoms with van der Waals surface area (Å²) >= 11 is 5.84. The molecule has 0 aliphatic carbocycles. The lowest BCUT2D eigenvalue weighted by Crippen LogP contribution is -2.10. The Hall–Kier alpha value is -1.26. The van der Waals surface area contributed by atoms with E-state index < -0.39 is 5.97 Å². The highest BCUT2D eigenvalue weighted by Gasteiger charge is 2.14. The van der Waals surface area contributed by atoms with Gasteiger partial charge in [0, 0.05) is 12.3 Å². The van der Waals surface area contributed by atoms with E-state index in [-0.39, 0.29) is 23.8 Å². The van der Waals surface area contributed by atoms with Gasteiger partial charge in [0.05, 0.1) is 11.6 Å². The Kier molecular flexibility index (Phi) is 5.08. The molecule has 0 bridgehead atoms. The van der Waals surface area contributed by atoms with Crippen molar-refractivity contribution in [2.24, 2.45) is 0 Å². The molecule has 0 aliphatic heterocycles. The van der Waals surface area contributed by atoms with E-state index in [9.17, 15) is 4.79 Å². The molecule has 0 spiro atoms. The zero-order chi connectivity index (χ0) is 12.0. The van der Waals surface area contributed by atoms with E-state index >= 15 is 0 Å². The molecule has 0 aromatic heterocycles. The summed E-state index contributed by atoms with van der Waals surface area (Å²) in [6.45, 7) is 0.343. The molecule has 0 unspecified atom stereocenters. The molecule has 0 saturated heterocycles. The highest BCUT2D eigenvalue weighted by atomic mass is 35.5. The standard InChI is InChI=1S/C11H14ClNO3/c12-8-4-3-5-9(13)10(8)11(15)16-7-2-1-6-14/h3-5,14H,1-2,6-7,13H2. The van der Waals surface area contributed by atoms with Gasteiger partial charge in [-0.15, -0.1) is 0 Å². The summed E-state index contributed by atoms with van der Waals surface area (Å²) < 4.78 is 4.98. The van der Waals surface area contributed by atoms with Crippen LogP contribution in [-0.4, -0.2) is 24.3 Å². The SMILES string of the molecule is Nc1cccc(Cl)c1C(=O)OCCCCO. The van der Waals surface area contributed by atoms with Crippen LogP contribution in [0.15, 0.2) is 18.2 Å². The zero-order valence-electron chi connectivity index (χ0n) is 8.78.